The highest BCUT2D eigenvalue weighted by molar-refractivity contribution is 5.79. The first-order chi connectivity index (χ1) is 8.72. The molecule has 104 valence electrons. The van der Waals surface area contributed by atoms with Gasteiger partial charge in [0.15, 0.2) is 0 Å². The molecule has 1 N–H and O–H groups in total. The predicted octanol–water partition coefficient (Wildman–Crippen LogP) is 1.26. The molecule has 2 rings (SSSR count). The third-order valence-electron chi connectivity index (χ3n) is 4.31. The normalized spacial score (nSPS) is 33.4. The molecule has 1 amide bonds. The van der Waals surface area contributed by atoms with Gasteiger partial charge in [-0.05, 0) is 45.1 Å². The van der Waals surface area contributed by atoms with Gasteiger partial charge < -0.3 is 15.0 Å². The number of carbonyl (C=O) groups excluding carboxylic acids is 1. The average molecular weight is 254 g/mol. The molecule has 0 aromatic carbocycles. The summed E-state index contributed by atoms with van der Waals surface area (Å²) in [6.45, 7) is 5.79. The molecule has 0 aromatic heterocycles. The third kappa shape index (κ3) is 3.23. The van der Waals surface area contributed by atoms with E-state index in [0.29, 0.717) is 17.9 Å². The number of rotatable bonds is 3. The summed E-state index contributed by atoms with van der Waals surface area (Å²) in [6.07, 6.45) is 4.47. The number of methoxy groups -OCH3 is 1. The molecule has 0 spiro atoms. The number of carbonyl (C=O) groups is 1. The van der Waals surface area contributed by atoms with Crippen LogP contribution >= 0.6 is 0 Å². The van der Waals surface area contributed by atoms with Gasteiger partial charge in [-0.3, -0.25) is 4.79 Å². The lowest BCUT2D eigenvalue weighted by Gasteiger charge is -2.37. The van der Waals surface area contributed by atoms with Gasteiger partial charge in [0.05, 0.1) is 12.5 Å². The quantitative estimate of drug-likeness (QED) is 0.824. The Bertz CT molecular complexity index is 281. The monoisotopic (exact) mass is 254 g/mol. The molecule has 2 aliphatic heterocycles. The molecule has 0 bridgehead atoms. The highest BCUT2D eigenvalue weighted by atomic mass is 16.5. The van der Waals surface area contributed by atoms with Gasteiger partial charge in [-0.15, -0.1) is 0 Å². The number of nitrogens with one attached hydrogen (secondary N) is 1. The van der Waals surface area contributed by atoms with E-state index in [0.717, 1.165) is 45.5 Å². The minimum Gasteiger partial charge on any atom is -0.384 e. The molecule has 0 aliphatic carbocycles. The Kier molecular flexibility index (Phi) is 5.01. The maximum Gasteiger partial charge on any atom is 0.227 e. The molecular weight excluding hydrogens is 228 g/mol. The zero-order valence-electron chi connectivity index (χ0n) is 11.7. The predicted molar refractivity (Wildman–Crippen MR) is 71.4 cm³/mol. The van der Waals surface area contributed by atoms with Crippen LogP contribution in [0.3, 0.4) is 0 Å². The molecule has 4 heteroatoms. The van der Waals surface area contributed by atoms with Crippen LogP contribution in [0.1, 0.15) is 32.6 Å². The van der Waals surface area contributed by atoms with Gasteiger partial charge in [-0.2, -0.15) is 0 Å². The Morgan fingerprint density at radius 2 is 2.22 bits per heavy atom. The van der Waals surface area contributed by atoms with Crippen LogP contribution in [0.2, 0.25) is 0 Å². The van der Waals surface area contributed by atoms with E-state index in [9.17, 15) is 4.79 Å². The first kappa shape index (κ1) is 13.8. The summed E-state index contributed by atoms with van der Waals surface area (Å²) < 4.78 is 5.23. The van der Waals surface area contributed by atoms with E-state index in [1.807, 2.05) is 0 Å². The standard InChI is InChI=1S/C14H26N2O2/c1-11-13(6-3-7-15-11)14(17)16-8-4-5-12(9-16)10-18-2/h11-13,15H,3-10H2,1-2H3. The van der Waals surface area contributed by atoms with Gasteiger partial charge in [-0.1, -0.05) is 0 Å². The van der Waals surface area contributed by atoms with Crippen LogP contribution in [0, 0.1) is 11.8 Å². The molecule has 3 atom stereocenters. The van der Waals surface area contributed by atoms with Gasteiger partial charge in [0, 0.05) is 26.2 Å². The fourth-order valence-corrected chi connectivity index (χ4v) is 3.25. The Labute approximate surface area is 110 Å². The van der Waals surface area contributed by atoms with E-state index in [1.54, 1.807) is 7.11 Å². The second kappa shape index (κ2) is 6.53. The molecule has 3 unspecified atom stereocenters. The number of hydrogen-bond acceptors (Lipinski definition) is 3. The fourth-order valence-electron chi connectivity index (χ4n) is 3.25. The van der Waals surface area contributed by atoms with Crippen molar-refractivity contribution in [3.05, 3.63) is 0 Å². The molecule has 18 heavy (non-hydrogen) atoms. The van der Waals surface area contributed by atoms with Crippen molar-refractivity contribution in [2.45, 2.75) is 38.6 Å². The second-order valence-corrected chi connectivity index (χ2v) is 5.74. The van der Waals surface area contributed by atoms with E-state index < -0.39 is 0 Å². The Morgan fingerprint density at radius 3 is 2.94 bits per heavy atom. The average Bonchev–Trinajstić information content (AvgIpc) is 2.39. The number of likely N-dealkylation sites (tertiary alicyclic amines) is 1. The largest absolute Gasteiger partial charge is 0.384 e. The van der Waals surface area contributed by atoms with Crippen LogP contribution in [0.15, 0.2) is 0 Å². The summed E-state index contributed by atoms with van der Waals surface area (Å²) in [7, 11) is 1.74. The van der Waals surface area contributed by atoms with E-state index >= 15 is 0 Å². The lowest BCUT2D eigenvalue weighted by Crippen LogP contribution is -2.50. The Hall–Kier alpha value is -0.610. The van der Waals surface area contributed by atoms with Crippen molar-refractivity contribution in [1.82, 2.24) is 10.2 Å². The lowest BCUT2D eigenvalue weighted by atomic mass is 9.89. The zero-order chi connectivity index (χ0) is 13.0. The molecule has 2 fully saturated rings. The van der Waals surface area contributed by atoms with Gasteiger partial charge in [0.2, 0.25) is 5.91 Å². The summed E-state index contributed by atoms with van der Waals surface area (Å²) in [5.41, 5.74) is 0. The van der Waals surface area contributed by atoms with E-state index in [2.05, 4.69) is 17.1 Å². The van der Waals surface area contributed by atoms with Gasteiger partial charge >= 0.3 is 0 Å². The third-order valence-corrected chi connectivity index (χ3v) is 4.31. The number of piperidine rings is 2. The minimum atomic E-state index is 0.181. The first-order valence-electron chi connectivity index (χ1n) is 7.23. The minimum absolute atomic E-state index is 0.181. The number of ether oxygens (including phenoxy) is 1. The summed E-state index contributed by atoms with van der Waals surface area (Å²) in [6, 6.07) is 0.328. The van der Waals surface area contributed by atoms with Crippen LogP contribution in [0.4, 0.5) is 0 Å². The van der Waals surface area contributed by atoms with Crippen molar-refractivity contribution in [2.24, 2.45) is 11.8 Å². The highest BCUT2D eigenvalue weighted by Crippen LogP contribution is 2.23. The topological polar surface area (TPSA) is 41.6 Å². The molecule has 0 radical (unpaired) electrons. The van der Waals surface area contributed by atoms with Gasteiger partial charge in [0.1, 0.15) is 0 Å². The number of hydrogen-bond donors (Lipinski definition) is 1. The van der Waals surface area contributed by atoms with Gasteiger partial charge in [-0.25, -0.2) is 0 Å². The van der Waals surface area contributed by atoms with Crippen LogP contribution in [0.5, 0.6) is 0 Å². The summed E-state index contributed by atoms with van der Waals surface area (Å²) in [4.78, 5) is 14.6. The second-order valence-electron chi connectivity index (χ2n) is 5.74. The van der Waals surface area contributed by atoms with Crippen LogP contribution in [-0.4, -0.2) is 50.2 Å². The first-order valence-corrected chi connectivity index (χ1v) is 7.23. The van der Waals surface area contributed by atoms with Crippen molar-refractivity contribution >= 4 is 5.91 Å². The number of nitrogens with zero attached hydrogens (tertiary/aromatic N) is 1. The zero-order valence-corrected chi connectivity index (χ0v) is 11.7. The summed E-state index contributed by atoms with van der Waals surface area (Å²) >= 11 is 0. The van der Waals surface area contributed by atoms with Crippen LogP contribution in [0.25, 0.3) is 0 Å². The molecule has 0 aromatic rings. The maximum atomic E-state index is 12.6. The van der Waals surface area contributed by atoms with E-state index in [1.165, 1.54) is 6.42 Å². The van der Waals surface area contributed by atoms with Crippen molar-refractivity contribution < 1.29 is 9.53 Å². The van der Waals surface area contributed by atoms with Crippen LogP contribution in [-0.2, 0) is 9.53 Å². The Morgan fingerprint density at radius 1 is 1.39 bits per heavy atom. The summed E-state index contributed by atoms with van der Waals surface area (Å²) in [5.74, 6) is 1.06. The SMILES string of the molecule is COCC1CCCN(C(=O)C2CCCNC2C)C1. The molecule has 2 aliphatic rings. The molecule has 2 saturated heterocycles. The van der Waals surface area contributed by atoms with Gasteiger partial charge in [0.25, 0.3) is 0 Å². The van der Waals surface area contributed by atoms with E-state index in [-0.39, 0.29) is 5.92 Å². The number of amides is 1. The summed E-state index contributed by atoms with van der Waals surface area (Å²) in [5, 5.41) is 3.42. The van der Waals surface area contributed by atoms with Crippen molar-refractivity contribution in [2.75, 3.05) is 33.4 Å². The lowest BCUT2D eigenvalue weighted by molar-refractivity contribution is -0.139. The van der Waals surface area contributed by atoms with Crippen molar-refractivity contribution in [1.29, 1.82) is 0 Å². The Balaban J connectivity index is 1.91. The smallest absolute Gasteiger partial charge is 0.227 e. The maximum absolute atomic E-state index is 12.6. The fraction of sp³-hybridized carbons (Fsp3) is 0.929. The molecular formula is C14H26N2O2. The molecule has 2 heterocycles. The van der Waals surface area contributed by atoms with E-state index in [4.69, 9.17) is 4.74 Å². The molecule has 0 saturated carbocycles. The van der Waals surface area contributed by atoms with Crippen molar-refractivity contribution in [3.63, 3.8) is 0 Å². The van der Waals surface area contributed by atoms with Crippen molar-refractivity contribution in [3.8, 4) is 0 Å². The van der Waals surface area contributed by atoms with Crippen LogP contribution < -0.4 is 5.32 Å². The highest BCUT2D eigenvalue weighted by Gasteiger charge is 2.33. The molecule has 4 nitrogen and oxygen atoms in total.